The second kappa shape index (κ2) is 10.2. The van der Waals surface area contributed by atoms with Gasteiger partial charge in [-0.15, -0.1) is 0 Å². The van der Waals surface area contributed by atoms with E-state index in [2.05, 4.69) is 5.32 Å². The third-order valence-corrected chi connectivity index (χ3v) is 6.13. The highest BCUT2D eigenvalue weighted by Crippen LogP contribution is 2.29. The van der Waals surface area contributed by atoms with Crippen LogP contribution in [0.3, 0.4) is 0 Å². The van der Waals surface area contributed by atoms with Crippen LogP contribution in [-0.2, 0) is 10.2 Å². The lowest BCUT2D eigenvalue weighted by molar-refractivity contribution is -0.117. The van der Waals surface area contributed by atoms with Crippen LogP contribution in [0.2, 0.25) is 10.0 Å². The number of halogens is 2. The van der Waals surface area contributed by atoms with Gasteiger partial charge in [-0.3, -0.25) is 9.59 Å². The fourth-order valence-electron chi connectivity index (χ4n) is 3.34. The molecule has 3 aromatic rings. The van der Waals surface area contributed by atoms with Crippen LogP contribution in [0.5, 0.6) is 0 Å². The summed E-state index contributed by atoms with van der Waals surface area (Å²) in [6, 6.07) is 14.2. The zero-order valence-electron chi connectivity index (χ0n) is 20.3. The molecular weight excluding hydrogens is 471 g/mol. The highest BCUT2D eigenvalue weighted by Gasteiger charge is 2.25. The van der Waals surface area contributed by atoms with Gasteiger partial charge in [0.2, 0.25) is 5.91 Å². The summed E-state index contributed by atoms with van der Waals surface area (Å²) < 4.78 is 1.63. The van der Waals surface area contributed by atoms with Gasteiger partial charge in [-0.1, -0.05) is 61.7 Å². The monoisotopic (exact) mass is 500 g/mol. The van der Waals surface area contributed by atoms with E-state index >= 15 is 0 Å². The van der Waals surface area contributed by atoms with Gasteiger partial charge >= 0.3 is 0 Å². The van der Waals surface area contributed by atoms with Gasteiger partial charge in [0, 0.05) is 23.1 Å². The molecular formula is C26H30Cl2N4O2. The minimum Gasteiger partial charge on any atom is -0.327 e. The SMILES string of the molecule is Cc1ccc(C(=O)N(CC(=O)Nc2cc(C(C)(C)C)nn2-c2ccc(Cl)c(Cl)c2)C(C)C)cc1. The summed E-state index contributed by atoms with van der Waals surface area (Å²) in [6.07, 6.45) is 0. The topological polar surface area (TPSA) is 67.2 Å². The number of anilines is 1. The average Bonchev–Trinajstić information content (AvgIpc) is 3.18. The molecule has 0 unspecified atom stereocenters. The molecule has 0 fully saturated rings. The number of carbonyl (C=O) groups excluding carboxylic acids is 2. The molecule has 2 aromatic carbocycles. The van der Waals surface area contributed by atoms with Gasteiger partial charge in [0.25, 0.3) is 5.91 Å². The molecule has 0 aliphatic heterocycles. The Balaban J connectivity index is 1.88. The van der Waals surface area contributed by atoms with E-state index in [9.17, 15) is 9.59 Å². The van der Waals surface area contributed by atoms with Gasteiger partial charge in [-0.25, -0.2) is 4.68 Å². The van der Waals surface area contributed by atoms with Crippen molar-refractivity contribution in [3.63, 3.8) is 0 Å². The summed E-state index contributed by atoms with van der Waals surface area (Å²) >= 11 is 12.3. The molecule has 0 atom stereocenters. The number of rotatable bonds is 6. The molecule has 0 saturated heterocycles. The molecule has 0 spiro atoms. The number of amides is 2. The lowest BCUT2D eigenvalue weighted by Crippen LogP contribution is -2.42. The Hall–Kier alpha value is -2.83. The van der Waals surface area contributed by atoms with Gasteiger partial charge < -0.3 is 10.2 Å². The second-order valence-corrected chi connectivity index (χ2v) is 10.4. The van der Waals surface area contributed by atoms with Crippen LogP contribution >= 0.6 is 23.2 Å². The van der Waals surface area contributed by atoms with Crippen molar-refractivity contribution in [1.82, 2.24) is 14.7 Å². The summed E-state index contributed by atoms with van der Waals surface area (Å²) in [5, 5.41) is 8.45. The lowest BCUT2D eigenvalue weighted by Gasteiger charge is -2.26. The van der Waals surface area contributed by atoms with Gasteiger partial charge in [-0.2, -0.15) is 5.10 Å². The molecule has 1 N–H and O–H groups in total. The highest BCUT2D eigenvalue weighted by atomic mass is 35.5. The van der Waals surface area contributed by atoms with Crippen molar-refractivity contribution >= 4 is 40.8 Å². The van der Waals surface area contributed by atoms with E-state index in [1.807, 2.05) is 59.7 Å². The van der Waals surface area contributed by atoms with E-state index in [1.54, 1.807) is 39.9 Å². The third kappa shape index (κ3) is 5.99. The van der Waals surface area contributed by atoms with Crippen molar-refractivity contribution in [3.05, 3.63) is 75.4 Å². The molecule has 0 bridgehead atoms. The molecule has 180 valence electrons. The number of benzene rings is 2. The Morgan fingerprint density at radius 1 is 1.03 bits per heavy atom. The number of carbonyl (C=O) groups is 2. The van der Waals surface area contributed by atoms with Crippen LogP contribution in [0.15, 0.2) is 48.5 Å². The number of nitrogens with zero attached hydrogens (tertiary/aromatic N) is 3. The van der Waals surface area contributed by atoms with Gasteiger partial charge in [0.05, 0.1) is 21.4 Å². The zero-order valence-corrected chi connectivity index (χ0v) is 21.8. The molecule has 34 heavy (non-hydrogen) atoms. The summed E-state index contributed by atoms with van der Waals surface area (Å²) in [4.78, 5) is 27.7. The number of nitrogens with one attached hydrogen (secondary N) is 1. The molecule has 0 aliphatic carbocycles. The quantitative estimate of drug-likeness (QED) is 0.433. The first kappa shape index (κ1) is 25.8. The minimum atomic E-state index is -0.323. The molecule has 6 nitrogen and oxygen atoms in total. The Morgan fingerprint density at radius 2 is 1.68 bits per heavy atom. The normalized spacial score (nSPS) is 11.6. The Labute approximate surface area is 210 Å². The molecule has 1 heterocycles. The fraction of sp³-hybridized carbons (Fsp3) is 0.346. The molecule has 2 amide bonds. The summed E-state index contributed by atoms with van der Waals surface area (Å²) in [5.41, 5.74) is 2.83. The summed E-state index contributed by atoms with van der Waals surface area (Å²) in [7, 11) is 0. The second-order valence-electron chi connectivity index (χ2n) is 9.62. The maximum atomic E-state index is 13.1. The first-order valence-corrected chi connectivity index (χ1v) is 11.9. The molecule has 3 rings (SSSR count). The van der Waals surface area contributed by atoms with Crippen molar-refractivity contribution in [1.29, 1.82) is 0 Å². The molecule has 0 radical (unpaired) electrons. The fourth-order valence-corrected chi connectivity index (χ4v) is 3.63. The first-order chi connectivity index (χ1) is 15.9. The molecule has 1 aromatic heterocycles. The Bertz CT molecular complexity index is 1190. The number of hydrogen-bond acceptors (Lipinski definition) is 3. The summed E-state index contributed by atoms with van der Waals surface area (Å²) in [5.74, 6) is -0.0332. The van der Waals surface area contributed by atoms with Crippen LogP contribution in [0.25, 0.3) is 5.69 Å². The molecule has 8 heteroatoms. The largest absolute Gasteiger partial charge is 0.327 e. The van der Waals surface area contributed by atoms with Crippen LogP contribution < -0.4 is 5.32 Å². The predicted molar refractivity (Wildman–Crippen MR) is 138 cm³/mol. The standard InChI is InChI=1S/C26H30Cl2N4O2/c1-16(2)31(25(34)18-9-7-17(3)8-10-18)15-24(33)29-23-14-22(26(4,5)6)30-32(23)19-11-12-20(27)21(28)13-19/h7-14,16H,15H2,1-6H3,(H,29,33). The van der Waals surface area contributed by atoms with Crippen LogP contribution in [0.1, 0.15) is 56.2 Å². The zero-order chi connectivity index (χ0) is 25.2. The van der Waals surface area contributed by atoms with E-state index in [-0.39, 0.29) is 29.8 Å². The number of aryl methyl sites for hydroxylation is 1. The van der Waals surface area contributed by atoms with Crippen molar-refractivity contribution in [2.24, 2.45) is 0 Å². The predicted octanol–water partition coefficient (Wildman–Crippen LogP) is 6.27. The van der Waals surface area contributed by atoms with E-state index in [4.69, 9.17) is 28.3 Å². The maximum Gasteiger partial charge on any atom is 0.254 e. The van der Waals surface area contributed by atoms with E-state index in [1.165, 1.54) is 0 Å². The van der Waals surface area contributed by atoms with Crippen molar-refractivity contribution in [3.8, 4) is 5.69 Å². The van der Waals surface area contributed by atoms with Crippen molar-refractivity contribution < 1.29 is 9.59 Å². The highest BCUT2D eigenvalue weighted by molar-refractivity contribution is 6.42. The summed E-state index contributed by atoms with van der Waals surface area (Å²) in [6.45, 7) is 11.8. The van der Waals surface area contributed by atoms with Gasteiger partial charge in [0.1, 0.15) is 12.4 Å². The number of hydrogen-bond donors (Lipinski definition) is 1. The lowest BCUT2D eigenvalue weighted by atomic mass is 9.92. The van der Waals surface area contributed by atoms with Crippen molar-refractivity contribution in [2.75, 3.05) is 11.9 Å². The van der Waals surface area contributed by atoms with Crippen LogP contribution in [0.4, 0.5) is 5.82 Å². The van der Waals surface area contributed by atoms with Crippen LogP contribution in [0, 0.1) is 6.92 Å². The average molecular weight is 501 g/mol. The van der Waals surface area contributed by atoms with E-state index in [0.717, 1.165) is 11.3 Å². The van der Waals surface area contributed by atoms with Crippen LogP contribution in [-0.4, -0.2) is 39.1 Å². The maximum absolute atomic E-state index is 13.1. The van der Waals surface area contributed by atoms with Gasteiger partial charge in [0.15, 0.2) is 0 Å². The third-order valence-electron chi connectivity index (χ3n) is 5.39. The van der Waals surface area contributed by atoms with E-state index < -0.39 is 0 Å². The first-order valence-electron chi connectivity index (χ1n) is 11.1. The Morgan fingerprint density at radius 3 is 2.24 bits per heavy atom. The number of aromatic nitrogens is 2. The van der Waals surface area contributed by atoms with Gasteiger partial charge in [-0.05, 0) is 51.1 Å². The van der Waals surface area contributed by atoms with Crippen molar-refractivity contribution in [2.45, 2.75) is 53.0 Å². The minimum absolute atomic E-state index is 0.0955. The smallest absolute Gasteiger partial charge is 0.254 e. The molecule has 0 saturated carbocycles. The Kier molecular flexibility index (Phi) is 7.74. The molecule has 0 aliphatic rings. The van der Waals surface area contributed by atoms with E-state index in [0.29, 0.717) is 27.1 Å².